The van der Waals surface area contributed by atoms with Gasteiger partial charge in [-0.2, -0.15) is 0 Å². The highest BCUT2D eigenvalue weighted by Crippen LogP contribution is 2.26. The second kappa shape index (κ2) is 3.40. The number of aliphatic hydroxyl groups excluding tert-OH is 1. The minimum absolute atomic E-state index is 0.0100. The molecule has 0 aromatic carbocycles. The zero-order chi connectivity index (χ0) is 8.27. The van der Waals surface area contributed by atoms with Gasteiger partial charge >= 0.3 is 0 Å². The first-order valence-corrected chi connectivity index (χ1v) is 3.67. The average Bonchev–Trinajstić information content (AvgIpc) is 2.81. The van der Waals surface area contributed by atoms with Gasteiger partial charge in [0.2, 0.25) is 0 Å². The number of hydrogen-bond acceptors (Lipinski definition) is 2. The Morgan fingerprint density at radius 2 is 2.36 bits per heavy atom. The van der Waals surface area contributed by atoms with Crippen molar-refractivity contribution in [1.82, 2.24) is 4.90 Å². The van der Waals surface area contributed by atoms with Crippen LogP contribution in [-0.2, 0) is 4.79 Å². The molecule has 1 N–H and O–H groups in total. The first-order chi connectivity index (χ1) is 5.29. The summed E-state index contributed by atoms with van der Waals surface area (Å²) < 4.78 is 0. The van der Waals surface area contributed by atoms with Gasteiger partial charge in [-0.25, -0.2) is 0 Å². The molecule has 0 saturated heterocycles. The smallest absolute Gasteiger partial charge is 0.298 e. The predicted octanol–water partition coefficient (Wildman–Crippen LogP) is -0.397. The lowest BCUT2D eigenvalue weighted by Gasteiger charge is -2.17. The van der Waals surface area contributed by atoms with Gasteiger partial charge in [0.1, 0.15) is 0 Å². The number of terminal acetylenes is 1. The number of aliphatic hydroxyl groups is 1. The van der Waals surface area contributed by atoms with E-state index in [1.165, 1.54) is 0 Å². The molecule has 0 aliphatic heterocycles. The maximum absolute atomic E-state index is 11.0. The summed E-state index contributed by atoms with van der Waals surface area (Å²) in [6.07, 6.45) is 6.99. The maximum atomic E-state index is 11.0. The third-order valence-corrected chi connectivity index (χ3v) is 1.71. The van der Waals surface area contributed by atoms with Gasteiger partial charge in [0.25, 0.3) is 5.91 Å². The van der Waals surface area contributed by atoms with Crippen molar-refractivity contribution < 1.29 is 9.90 Å². The molecule has 0 unspecified atom stereocenters. The number of amides is 1. The minimum Gasteiger partial charge on any atom is -0.395 e. The van der Waals surface area contributed by atoms with Crippen LogP contribution in [0.5, 0.6) is 0 Å². The zero-order valence-electron chi connectivity index (χ0n) is 6.29. The van der Waals surface area contributed by atoms with Crippen LogP contribution in [0.15, 0.2) is 0 Å². The molecule has 3 nitrogen and oxygen atoms in total. The third kappa shape index (κ3) is 1.95. The van der Waals surface area contributed by atoms with Crippen LogP contribution in [0.25, 0.3) is 0 Å². The molecule has 1 aliphatic rings. The summed E-state index contributed by atoms with van der Waals surface area (Å²) in [6, 6.07) is 0.297. The van der Waals surface area contributed by atoms with E-state index in [2.05, 4.69) is 0 Å². The molecular weight excluding hydrogens is 142 g/mol. The van der Waals surface area contributed by atoms with Crippen molar-refractivity contribution in [1.29, 1.82) is 0 Å². The second-order valence-electron chi connectivity index (χ2n) is 2.60. The summed E-state index contributed by atoms with van der Waals surface area (Å²) in [5, 5.41) is 8.60. The molecule has 11 heavy (non-hydrogen) atoms. The van der Waals surface area contributed by atoms with Crippen molar-refractivity contribution in [2.24, 2.45) is 0 Å². The Morgan fingerprint density at radius 3 is 2.73 bits per heavy atom. The van der Waals surface area contributed by atoms with Crippen LogP contribution in [0.2, 0.25) is 0 Å². The zero-order valence-corrected chi connectivity index (χ0v) is 6.29. The van der Waals surface area contributed by atoms with E-state index in [1.54, 1.807) is 4.90 Å². The average molecular weight is 153 g/mol. The Morgan fingerprint density at radius 1 is 1.73 bits per heavy atom. The van der Waals surface area contributed by atoms with Gasteiger partial charge in [0, 0.05) is 12.6 Å². The first kappa shape index (κ1) is 8.09. The van der Waals surface area contributed by atoms with Gasteiger partial charge in [0.15, 0.2) is 0 Å². The molecule has 0 bridgehead atoms. The predicted molar refractivity (Wildman–Crippen MR) is 40.7 cm³/mol. The van der Waals surface area contributed by atoms with Crippen molar-refractivity contribution >= 4 is 5.91 Å². The van der Waals surface area contributed by atoms with E-state index in [-0.39, 0.29) is 12.5 Å². The topological polar surface area (TPSA) is 40.5 Å². The largest absolute Gasteiger partial charge is 0.395 e. The fourth-order valence-corrected chi connectivity index (χ4v) is 1.03. The van der Waals surface area contributed by atoms with Crippen LogP contribution in [0.3, 0.4) is 0 Å². The molecule has 60 valence electrons. The SMILES string of the molecule is C#CC(=O)N(CCO)C1CC1. The fraction of sp³-hybridized carbons (Fsp3) is 0.625. The van der Waals surface area contributed by atoms with E-state index in [1.807, 2.05) is 5.92 Å². The summed E-state index contributed by atoms with van der Waals surface area (Å²) in [4.78, 5) is 12.5. The third-order valence-electron chi connectivity index (χ3n) is 1.71. The number of rotatable bonds is 3. The van der Waals surface area contributed by atoms with Gasteiger partial charge < -0.3 is 10.0 Å². The van der Waals surface area contributed by atoms with Crippen LogP contribution in [0.4, 0.5) is 0 Å². The van der Waals surface area contributed by atoms with Gasteiger partial charge in [-0.05, 0) is 18.8 Å². The van der Waals surface area contributed by atoms with E-state index in [0.29, 0.717) is 12.6 Å². The highest BCUT2D eigenvalue weighted by atomic mass is 16.3. The van der Waals surface area contributed by atoms with Crippen LogP contribution >= 0.6 is 0 Å². The van der Waals surface area contributed by atoms with Gasteiger partial charge in [-0.1, -0.05) is 0 Å². The Hall–Kier alpha value is -1.01. The summed E-state index contributed by atoms with van der Waals surface area (Å²) in [5.41, 5.74) is 0. The molecule has 3 heteroatoms. The lowest BCUT2D eigenvalue weighted by atomic mass is 10.4. The second-order valence-corrected chi connectivity index (χ2v) is 2.60. The Bertz CT molecular complexity index is 191. The minimum atomic E-state index is -0.304. The fourth-order valence-electron chi connectivity index (χ4n) is 1.03. The highest BCUT2D eigenvalue weighted by molar-refractivity contribution is 5.93. The van der Waals surface area contributed by atoms with E-state index in [0.717, 1.165) is 12.8 Å². The van der Waals surface area contributed by atoms with Crippen molar-refractivity contribution in [2.45, 2.75) is 18.9 Å². The van der Waals surface area contributed by atoms with Gasteiger partial charge in [-0.3, -0.25) is 4.79 Å². The quantitative estimate of drug-likeness (QED) is 0.561. The molecule has 1 aliphatic carbocycles. The van der Waals surface area contributed by atoms with Crippen LogP contribution in [0.1, 0.15) is 12.8 Å². The van der Waals surface area contributed by atoms with Crippen molar-refractivity contribution in [2.75, 3.05) is 13.2 Å². The molecule has 0 aromatic heterocycles. The van der Waals surface area contributed by atoms with Gasteiger partial charge in [-0.15, -0.1) is 6.42 Å². The molecule has 1 amide bonds. The molecule has 0 spiro atoms. The Labute approximate surface area is 66.0 Å². The number of hydrogen-bond donors (Lipinski definition) is 1. The molecular formula is C8H11NO2. The van der Waals surface area contributed by atoms with Crippen molar-refractivity contribution in [3.05, 3.63) is 0 Å². The standard InChI is InChI=1S/C8H11NO2/c1-2-8(11)9(5-6-10)7-3-4-7/h1,7,10H,3-6H2. The summed E-state index contributed by atoms with van der Waals surface area (Å²) in [6.45, 7) is 0.359. The van der Waals surface area contributed by atoms with Crippen LogP contribution in [-0.4, -0.2) is 35.1 Å². The van der Waals surface area contributed by atoms with Crippen molar-refractivity contribution in [3.8, 4) is 12.3 Å². The molecule has 1 rings (SSSR count). The summed E-state index contributed by atoms with van der Waals surface area (Å²) >= 11 is 0. The number of carbonyl (C=O) groups excluding carboxylic acids is 1. The van der Waals surface area contributed by atoms with E-state index in [9.17, 15) is 4.79 Å². The lowest BCUT2D eigenvalue weighted by molar-refractivity contribution is -0.126. The van der Waals surface area contributed by atoms with E-state index in [4.69, 9.17) is 11.5 Å². The lowest BCUT2D eigenvalue weighted by Crippen LogP contribution is -2.34. The monoisotopic (exact) mass is 153 g/mol. The molecule has 0 atom stereocenters. The molecule has 1 saturated carbocycles. The van der Waals surface area contributed by atoms with Gasteiger partial charge in [0.05, 0.1) is 6.61 Å². The van der Waals surface area contributed by atoms with Crippen LogP contribution < -0.4 is 0 Å². The normalized spacial score (nSPS) is 15.6. The van der Waals surface area contributed by atoms with E-state index >= 15 is 0 Å². The molecule has 1 fully saturated rings. The molecule has 0 aromatic rings. The maximum Gasteiger partial charge on any atom is 0.298 e. The number of carbonyl (C=O) groups is 1. The number of nitrogens with zero attached hydrogens (tertiary/aromatic N) is 1. The van der Waals surface area contributed by atoms with Crippen molar-refractivity contribution in [3.63, 3.8) is 0 Å². The van der Waals surface area contributed by atoms with E-state index < -0.39 is 0 Å². The Balaban J connectivity index is 2.45. The van der Waals surface area contributed by atoms with Crippen LogP contribution in [0, 0.1) is 12.3 Å². The Kier molecular flexibility index (Phi) is 2.50. The summed E-state index contributed by atoms with van der Waals surface area (Å²) in [5.74, 6) is 1.74. The highest BCUT2D eigenvalue weighted by Gasteiger charge is 2.31. The molecule has 0 radical (unpaired) electrons. The molecule has 0 heterocycles. The first-order valence-electron chi connectivity index (χ1n) is 3.67. The summed E-state index contributed by atoms with van der Waals surface area (Å²) in [7, 11) is 0.